The number of H-pyrrole nitrogens is 1. The van der Waals surface area contributed by atoms with Gasteiger partial charge in [0.25, 0.3) is 5.91 Å². The molecule has 0 aliphatic carbocycles. The molecule has 1 aromatic carbocycles. The van der Waals surface area contributed by atoms with E-state index in [1.165, 1.54) is 6.20 Å². The smallest absolute Gasteiger partial charge is 0.255 e. The summed E-state index contributed by atoms with van der Waals surface area (Å²) < 4.78 is 0. The number of aromatic amines is 1. The van der Waals surface area contributed by atoms with Gasteiger partial charge in [0.2, 0.25) is 0 Å². The minimum atomic E-state index is -0.155. The Bertz CT molecular complexity index is 940. The zero-order valence-electron chi connectivity index (χ0n) is 13.2. The third-order valence-corrected chi connectivity index (χ3v) is 4.70. The first-order chi connectivity index (χ1) is 12.1. The standard InChI is InChI=1S/C18H15ClN4O2/c19-15-7-20-5-4-13(15)18(25)23-8-14(11-2-1-3-12(24)6-11)17-16(9-23)21-10-22-17/h1-7,10,14,24H,8-9H2,(H,21,22). The number of nitrogens with zero attached hydrogens (tertiary/aromatic N) is 3. The Morgan fingerprint density at radius 2 is 2.24 bits per heavy atom. The number of hydrogen-bond donors (Lipinski definition) is 2. The molecule has 3 heterocycles. The molecule has 4 rings (SSSR count). The number of fused-ring (bicyclic) bond motifs is 1. The van der Waals surface area contributed by atoms with E-state index in [0.29, 0.717) is 23.7 Å². The van der Waals surface area contributed by atoms with E-state index < -0.39 is 0 Å². The highest BCUT2D eigenvalue weighted by molar-refractivity contribution is 6.33. The summed E-state index contributed by atoms with van der Waals surface area (Å²) in [4.78, 5) is 26.1. The monoisotopic (exact) mass is 354 g/mol. The Balaban J connectivity index is 1.71. The van der Waals surface area contributed by atoms with Gasteiger partial charge in [0.1, 0.15) is 5.75 Å². The summed E-state index contributed by atoms with van der Waals surface area (Å²) in [5.41, 5.74) is 3.12. The van der Waals surface area contributed by atoms with Gasteiger partial charge in [0, 0.05) is 24.9 Å². The van der Waals surface area contributed by atoms with Crippen LogP contribution in [0.1, 0.15) is 33.2 Å². The van der Waals surface area contributed by atoms with Gasteiger partial charge in [-0.2, -0.15) is 0 Å². The van der Waals surface area contributed by atoms with Gasteiger partial charge in [-0.3, -0.25) is 9.78 Å². The molecular weight excluding hydrogens is 340 g/mol. The van der Waals surface area contributed by atoms with E-state index in [0.717, 1.165) is 17.0 Å². The predicted octanol–water partition coefficient (Wildman–Crippen LogP) is 2.95. The number of pyridine rings is 1. The van der Waals surface area contributed by atoms with Gasteiger partial charge in [-0.05, 0) is 23.8 Å². The van der Waals surface area contributed by atoms with Crippen molar-refractivity contribution < 1.29 is 9.90 Å². The van der Waals surface area contributed by atoms with Crippen molar-refractivity contribution in [3.8, 4) is 5.75 Å². The molecule has 6 nitrogen and oxygen atoms in total. The van der Waals surface area contributed by atoms with E-state index in [1.807, 2.05) is 6.07 Å². The average molecular weight is 355 g/mol. The van der Waals surface area contributed by atoms with Crippen molar-refractivity contribution in [1.29, 1.82) is 0 Å². The van der Waals surface area contributed by atoms with Crippen LogP contribution in [-0.2, 0) is 6.54 Å². The Hall–Kier alpha value is -2.86. The van der Waals surface area contributed by atoms with Crippen molar-refractivity contribution in [3.05, 3.63) is 76.6 Å². The third kappa shape index (κ3) is 2.85. The first kappa shape index (κ1) is 15.7. The van der Waals surface area contributed by atoms with Crippen molar-refractivity contribution in [2.24, 2.45) is 0 Å². The minimum absolute atomic E-state index is 0.119. The number of phenols is 1. The Morgan fingerprint density at radius 3 is 3.04 bits per heavy atom. The average Bonchev–Trinajstić information content (AvgIpc) is 3.09. The zero-order chi connectivity index (χ0) is 17.4. The number of aromatic hydroxyl groups is 1. The van der Waals surface area contributed by atoms with Crippen LogP contribution in [0.15, 0.2) is 49.1 Å². The van der Waals surface area contributed by atoms with Crippen LogP contribution >= 0.6 is 11.6 Å². The zero-order valence-corrected chi connectivity index (χ0v) is 13.9. The highest BCUT2D eigenvalue weighted by Gasteiger charge is 2.32. The molecule has 0 saturated heterocycles. The van der Waals surface area contributed by atoms with E-state index in [2.05, 4.69) is 15.0 Å². The van der Waals surface area contributed by atoms with Crippen LogP contribution in [0, 0.1) is 0 Å². The van der Waals surface area contributed by atoms with Crippen molar-refractivity contribution in [2.45, 2.75) is 12.5 Å². The molecule has 1 unspecified atom stereocenters. The first-order valence-electron chi connectivity index (χ1n) is 7.83. The number of rotatable bonds is 2. The Labute approximate surface area is 149 Å². The van der Waals surface area contributed by atoms with Crippen molar-refractivity contribution in [2.75, 3.05) is 6.54 Å². The lowest BCUT2D eigenvalue weighted by molar-refractivity contribution is 0.0722. The maximum Gasteiger partial charge on any atom is 0.255 e. The molecule has 126 valence electrons. The first-order valence-corrected chi connectivity index (χ1v) is 8.21. The Morgan fingerprint density at radius 1 is 1.36 bits per heavy atom. The summed E-state index contributed by atoms with van der Waals surface area (Å²) in [7, 11) is 0. The molecule has 25 heavy (non-hydrogen) atoms. The fraction of sp³-hybridized carbons (Fsp3) is 0.167. The number of carbonyl (C=O) groups excluding carboxylic acids is 1. The van der Waals surface area contributed by atoms with Gasteiger partial charge in [-0.15, -0.1) is 0 Å². The SMILES string of the molecule is O=C(c1ccncc1Cl)N1Cc2[nH]cnc2C(c2cccc(O)c2)C1. The summed E-state index contributed by atoms with van der Waals surface area (Å²) in [6.07, 6.45) is 4.65. The van der Waals surface area contributed by atoms with Crippen LogP contribution in [0.5, 0.6) is 5.75 Å². The van der Waals surface area contributed by atoms with E-state index in [1.54, 1.807) is 41.7 Å². The Kier molecular flexibility index (Phi) is 3.89. The summed E-state index contributed by atoms with van der Waals surface area (Å²) in [5.74, 6) is -0.0836. The number of aromatic nitrogens is 3. The highest BCUT2D eigenvalue weighted by atomic mass is 35.5. The largest absolute Gasteiger partial charge is 0.508 e. The number of phenolic OH excluding ortho intramolecular Hbond substituents is 1. The number of carbonyl (C=O) groups is 1. The minimum Gasteiger partial charge on any atom is -0.508 e. The van der Waals surface area contributed by atoms with Crippen LogP contribution in [-0.4, -0.2) is 37.4 Å². The van der Waals surface area contributed by atoms with Gasteiger partial charge >= 0.3 is 0 Å². The molecule has 1 amide bonds. The van der Waals surface area contributed by atoms with Crippen LogP contribution in [0.4, 0.5) is 0 Å². The molecular formula is C18H15ClN4O2. The lowest BCUT2D eigenvalue weighted by atomic mass is 9.90. The number of imidazole rings is 1. The second-order valence-electron chi connectivity index (χ2n) is 5.96. The number of halogens is 1. The van der Waals surface area contributed by atoms with E-state index in [4.69, 9.17) is 11.6 Å². The van der Waals surface area contributed by atoms with E-state index in [9.17, 15) is 9.90 Å². The van der Waals surface area contributed by atoms with E-state index >= 15 is 0 Å². The van der Waals surface area contributed by atoms with Gasteiger partial charge in [-0.1, -0.05) is 23.7 Å². The summed E-state index contributed by atoms with van der Waals surface area (Å²) >= 11 is 6.13. The normalized spacial score (nSPS) is 16.5. The third-order valence-electron chi connectivity index (χ3n) is 4.40. The van der Waals surface area contributed by atoms with Gasteiger partial charge in [0.05, 0.1) is 34.8 Å². The molecule has 2 N–H and O–H groups in total. The van der Waals surface area contributed by atoms with Gasteiger partial charge in [0.15, 0.2) is 0 Å². The van der Waals surface area contributed by atoms with Crippen molar-refractivity contribution in [3.63, 3.8) is 0 Å². The molecule has 0 saturated carbocycles. The molecule has 0 spiro atoms. The van der Waals surface area contributed by atoms with E-state index in [-0.39, 0.29) is 17.6 Å². The fourth-order valence-electron chi connectivity index (χ4n) is 3.20. The number of amides is 1. The molecule has 1 aliphatic heterocycles. The molecule has 3 aromatic rings. The second kappa shape index (κ2) is 6.22. The van der Waals surface area contributed by atoms with Gasteiger partial charge < -0.3 is 15.0 Å². The quantitative estimate of drug-likeness (QED) is 0.741. The molecule has 0 fully saturated rings. The molecule has 0 bridgehead atoms. The predicted molar refractivity (Wildman–Crippen MR) is 92.5 cm³/mol. The van der Waals surface area contributed by atoms with Crippen LogP contribution < -0.4 is 0 Å². The fourth-order valence-corrected chi connectivity index (χ4v) is 3.40. The lowest BCUT2D eigenvalue weighted by Gasteiger charge is -2.32. The topological polar surface area (TPSA) is 82.1 Å². The van der Waals surface area contributed by atoms with Crippen molar-refractivity contribution in [1.82, 2.24) is 19.9 Å². The molecule has 1 atom stereocenters. The second-order valence-corrected chi connectivity index (χ2v) is 6.36. The van der Waals surface area contributed by atoms with Crippen LogP contribution in [0.25, 0.3) is 0 Å². The lowest BCUT2D eigenvalue weighted by Crippen LogP contribution is -2.38. The molecule has 0 radical (unpaired) electrons. The van der Waals surface area contributed by atoms with Gasteiger partial charge in [-0.25, -0.2) is 4.98 Å². The number of benzene rings is 1. The van der Waals surface area contributed by atoms with Crippen LogP contribution in [0.3, 0.4) is 0 Å². The summed E-state index contributed by atoms with van der Waals surface area (Å²) in [6.45, 7) is 0.890. The maximum absolute atomic E-state index is 12.9. The summed E-state index contributed by atoms with van der Waals surface area (Å²) in [6, 6.07) is 8.66. The molecule has 7 heteroatoms. The summed E-state index contributed by atoms with van der Waals surface area (Å²) in [5, 5.41) is 10.1. The molecule has 1 aliphatic rings. The van der Waals surface area contributed by atoms with Crippen LogP contribution in [0.2, 0.25) is 5.02 Å². The maximum atomic E-state index is 12.9. The number of nitrogens with one attached hydrogen (secondary N) is 1. The van der Waals surface area contributed by atoms with Crippen molar-refractivity contribution >= 4 is 17.5 Å². The highest BCUT2D eigenvalue weighted by Crippen LogP contribution is 2.33. The molecule has 2 aromatic heterocycles. The number of hydrogen-bond acceptors (Lipinski definition) is 4.